The number of piperidine rings is 1. The lowest BCUT2D eigenvalue weighted by atomic mass is 9.72. The Morgan fingerprint density at radius 2 is 1.30 bits per heavy atom. The molecule has 2 aliphatic heterocycles. The quantitative estimate of drug-likeness (QED) is 0.148. The summed E-state index contributed by atoms with van der Waals surface area (Å²) in [4.78, 5) is 29.6. The fourth-order valence-corrected chi connectivity index (χ4v) is 10.3. The summed E-state index contributed by atoms with van der Waals surface area (Å²) in [5, 5.41) is 25.9. The summed E-state index contributed by atoms with van der Waals surface area (Å²) < 4.78 is 85.6. The molecular weight excluding hydrogens is 803 g/mol. The van der Waals surface area contributed by atoms with E-state index in [1.807, 2.05) is 62.0 Å². The fraction of sp³-hybridized carbons (Fsp3) is 0.556. The van der Waals surface area contributed by atoms with Crippen molar-refractivity contribution in [3.63, 3.8) is 0 Å². The smallest absolute Gasteiger partial charge is 0.394 e. The molecule has 1 unspecified atom stereocenters. The number of halogens is 6. The average molecular weight is 861 g/mol. The first-order valence-corrected chi connectivity index (χ1v) is 20.6. The van der Waals surface area contributed by atoms with E-state index < -0.39 is 29.7 Å². The third kappa shape index (κ3) is 8.20. The van der Waals surface area contributed by atoms with Gasteiger partial charge in [0, 0.05) is 67.0 Å². The summed E-state index contributed by atoms with van der Waals surface area (Å²) in [6, 6.07) is 9.93. The van der Waals surface area contributed by atoms with Crippen LogP contribution in [0.3, 0.4) is 0 Å². The number of likely N-dealkylation sites (N-methyl/N-ethyl adjacent to an activating group) is 2. The van der Waals surface area contributed by atoms with Gasteiger partial charge in [0.2, 0.25) is 11.8 Å². The van der Waals surface area contributed by atoms with E-state index in [4.69, 9.17) is 0 Å². The summed E-state index contributed by atoms with van der Waals surface area (Å²) in [6.07, 6.45) is -4.50. The van der Waals surface area contributed by atoms with Gasteiger partial charge in [0.1, 0.15) is 11.4 Å². The van der Waals surface area contributed by atoms with E-state index in [1.165, 1.54) is 23.2 Å². The number of rotatable bonds is 8. The molecule has 1 saturated heterocycles. The molecule has 61 heavy (non-hydrogen) atoms. The maximum atomic E-state index is 13.9. The Labute approximate surface area is 352 Å². The number of nitrogens with one attached hydrogen (secondary N) is 2. The van der Waals surface area contributed by atoms with Crippen molar-refractivity contribution in [3.05, 3.63) is 76.1 Å². The van der Waals surface area contributed by atoms with Crippen molar-refractivity contribution in [2.45, 2.75) is 95.8 Å². The Hall–Kier alpha value is -4.38. The third-order valence-corrected chi connectivity index (χ3v) is 13.4. The second-order valence-corrected chi connectivity index (χ2v) is 16.9. The Morgan fingerprint density at radius 1 is 0.754 bits per heavy atom. The van der Waals surface area contributed by atoms with Crippen LogP contribution >= 0.6 is 0 Å². The monoisotopic (exact) mass is 860 g/mol. The van der Waals surface area contributed by atoms with Gasteiger partial charge in [-0.2, -0.15) is 26.3 Å². The molecule has 2 aromatic carbocycles. The highest BCUT2D eigenvalue weighted by Gasteiger charge is 2.47. The van der Waals surface area contributed by atoms with Gasteiger partial charge in [0.15, 0.2) is 0 Å². The van der Waals surface area contributed by atoms with Gasteiger partial charge >= 0.3 is 12.4 Å². The van der Waals surface area contributed by atoms with Crippen LogP contribution in [0.4, 0.5) is 26.3 Å². The molecule has 4 N–H and O–H groups in total. The zero-order valence-corrected chi connectivity index (χ0v) is 34.7. The molecule has 0 saturated carbocycles. The summed E-state index contributed by atoms with van der Waals surface area (Å²) in [7, 11) is 6.68. The lowest BCUT2D eigenvalue weighted by Crippen LogP contribution is -2.52. The van der Waals surface area contributed by atoms with Gasteiger partial charge in [-0.15, -0.1) is 0 Å². The number of benzene rings is 2. The number of nitrogens with zero attached hydrogens (tertiary/aromatic N) is 4. The molecule has 4 aliphatic rings. The number of likely N-dealkylation sites (tertiary alicyclic amines) is 1. The number of hydrogen-bond acceptors (Lipinski definition) is 6. The molecule has 16 heteroatoms. The van der Waals surface area contributed by atoms with Crippen LogP contribution in [0, 0.1) is 11.8 Å². The van der Waals surface area contributed by atoms with Gasteiger partial charge in [0.05, 0.1) is 37.1 Å². The molecule has 0 spiro atoms. The van der Waals surface area contributed by atoms with E-state index in [1.54, 1.807) is 18.2 Å². The third-order valence-electron chi connectivity index (χ3n) is 13.4. The summed E-state index contributed by atoms with van der Waals surface area (Å²) in [6.45, 7) is 4.47. The van der Waals surface area contributed by atoms with Crippen LogP contribution in [0.1, 0.15) is 80.1 Å². The fourth-order valence-electron chi connectivity index (χ4n) is 10.3. The number of carbonyl (C=O) groups excluding carboxylic acids is 2. The number of hydrogen-bond donors (Lipinski definition) is 4. The SMILES string of the molecule is C.CC[C@@H](CO)NC(=O)[C@@H]1C=C2c3cccc4c3c(c(C(F)(F)F)n4C)C[C@H]2N(C)C1.CC[C@@H](CO)NC(=O)[C@@H]1CC2c3cccc4c3c(c(C(F)(F)F)n4C)C[C@H]2N(C)C1. The molecule has 2 aromatic heterocycles. The summed E-state index contributed by atoms with van der Waals surface area (Å²) >= 11 is 0. The van der Waals surface area contributed by atoms with Crippen molar-refractivity contribution in [3.8, 4) is 0 Å². The Bertz CT molecular complexity index is 2310. The standard InChI is InChI=1S/C22H28F3N3O2.C22H26F3N3O2.CH4/c2*1-4-13(11-29)26-21(30)12-8-15-14-6-5-7-17-19(14)16(9-18(15)27(2)10-12)20(28(17)3)22(23,24)25;/h5-7,12-13,15,18,29H,4,8-11H2,1-3H3,(H,26,30);5-8,12-13,18,29H,4,9-11H2,1-3H3,(H,26,30);1H4/t12-,13+,15?,18-;12-,13+,18-;/m11./s1. The van der Waals surface area contributed by atoms with E-state index in [2.05, 4.69) is 10.6 Å². The predicted octanol–water partition coefficient (Wildman–Crippen LogP) is 6.63. The van der Waals surface area contributed by atoms with Crippen molar-refractivity contribution in [2.24, 2.45) is 25.9 Å². The first-order valence-electron chi connectivity index (χ1n) is 20.6. The maximum absolute atomic E-state index is 13.9. The molecule has 334 valence electrons. The molecule has 1 fully saturated rings. The number of aromatic nitrogens is 2. The Balaban J connectivity index is 0.000000201. The number of aryl methyl sites for hydroxylation is 2. The highest BCUT2D eigenvalue weighted by molar-refractivity contribution is 6.00. The predicted molar refractivity (Wildman–Crippen MR) is 224 cm³/mol. The lowest BCUT2D eigenvalue weighted by molar-refractivity contribution is -0.144. The van der Waals surface area contributed by atoms with E-state index in [0.717, 1.165) is 16.7 Å². The minimum Gasteiger partial charge on any atom is -0.394 e. The lowest BCUT2D eigenvalue weighted by Gasteiger charge is -2.45. The van der Waals surface area contributed by atoms with Crippen LogP contribution in [0.5, 0.6) is 0 Å². The van der Waals surface area contributed by atoms with E-state index >= 15 is 0 Å². The van der Waals surface area contributed by atoms with Crippen molar-refractivity contribution in [1.82, 2.24) is 29.6 Å². The largest absolute Gasteiger partial charge is 0.431 e. The highest BCUT2D eigenvalue weighted by Crippen LogP contribution is 2.50. The molecule has 2 amide bonds. The van der Waals surface area contributed by atoms with Gasteiger partial charge in [-0.3, -0.25) is 14.5 Å². The second kappa shape index (κ2) is 17.4. The topological polar surface area (TPSA) is 115 Å². The van der Waals surface area contributed by atoms with E-state index in [0.29, 0.717) is 71.7 Å². The number of fused-ring (bicyclic) bond motifs is 4. The van der Waals surface area contributed by atoms with Gasteiger partial charge in [-0.1, -0.05) is 51.6 Å². The van der Waals surface area contributed by atoms with Crippen LogP contribution < -0.4 is 10.6 Å². The van der Waals surface area contributed by atoms with Crippen LogP contribution in [0.15, 0.2) is 42.5 Å². The summed E-state index contributed by atoms with van der Waals surface area (Å²) in [5.41, 5.74) is 3.27. The van der Waals surface area contributed by atoms with E-state index in [9.17, 15) is 46.1 Å². The van der Waals surface area contributed by atoms with Crippen molar-refractivity contribution in [1.29, 1.82) is 0 Å². The molecule has 4 heterocycles. The minimum atomic E-state index is -4.43. The number of alkyl halides is 6. The summed E-state index contributed by atoms with van der Waals surface area (Å²) in [5.74, 6) is -0.962. The first kappa shape index (κ1) is 46.1. The molecule has 10 nitrogen and oxygen atoms in total. The van der Waals surface area contributed by atoms with Crippen molar-refractivity contribution < 1.29 is 46.1 Å². The normalized spacial score (nSPS) is 23.5. The zero-order chi connectivity index (χ0) is 43.6. The molecular formula is C45H58F6N6O4. The van der Waals surface area contributed by atoms with Gasteiger partial charge in [0.25, 0.3) is 0 Å². The molecule has 4 aromatic rings. The zero-order valence-electron chi connectivity index (χ0n) is 34.7. The number of aliphatic hydroxyl groups is 2. The second-order valence-electron chi connectivity index (χ2n) is 16.9. The number of amides is 2. The van der Waals surface area contributed by atoms with Gasteiger partial charge in [-0.05, 0) is 86.2 Å². The molecule has 7 atom stereocenters. The average Bonchev–Trinajstić information content (AvgIpc) is 3.67. The van der Waals surface area contributed by atoms with Crippen molar-refractivity contribution >= 4 is 39.2 Å². The maximum Gasteiger partial charge on any atom is 0.431 e. The van der Waals surface area contributed by atoms with Gasteiger partial charge in [-0.25, -0.2) is 0 Å². The number of aliphatic hydroxyl groups excluding tert-OH is 2. The highest BCUT2D eigenvalue weighted by atomic mass is 19.4. The van der Waals surface area contributed by atoms with Crippen LogP contribution in [-0.4, -0.2) is 106 Å². The van der Waals surface area contributed by atoms with Crippen LogP contribution in [0.25, 0.3) is 27.4 Å². The Morgan fingerprint density at radius 3 is 1.85 bits per heavy atom. The molecule has 0 radical (unpaired) electrons. The molecule has 2 aliphatic carbocycles. The first-order chi connectivity index (χ1) is 28.3. The number of carbonyl (C=O) groups is 2. The van der Waals surface area contributed by atoms with Crippen LogP contribution in [0.2, 0.25) is 0 Å². The van der Waals surface area contributed by atoms with Gasteiger partial charge < -0.3 is 34.9 Å². The van der Waals surface area contributed by atoms with E-state index in [-0.39, 0.29) is 74.9 Å². The minimum absolute atomic E-state index is 0. The van der Waals surface area contributed by atoms with Crippen molar-refractivity contribution in [2.75, 3.05) is 40.4 Å². The Kier molecular flexibility index (Phi) is 13.2. The molecule has 0 bridgehead atoms. The molecule has 8 rings (SSSR count). The van der Waals surface area contributed by atoms with Crippen LogP contribution in [-0.2, 0) is 48.9 Å².